The van der Waals surface area contributed by atoms with Gasteiger partial charge in [-0.25, -0.2) is 0 Å². The quantitative estimate of drug-likeness (QED) is 0.723. The Hall–Kier alpha value is -1.39. The molecule has 3 rings (SSSR count). The van der Waals surface area contributed by atoms with Crippen molar-refractivity contribution in [1.29, 1.82) is 0 Å². The van der Waals surface area contributed by atoms with E-state index in [0.29, 0.717) is 25.7 Å². The highest BCUT2D eigenvalue weighted by molar-refractivity contribution is 5.83. The van der Waals surface area contributed by atoms with Crippen LogP contribution in [0.15, 0.2) is 0 Å². The van der Waals surface area contributed by atoms with Crippen LogP contribution in [0.25, 0.3) is 0 Å². The van der Waals surface area contributed by atoms with Crippen molar-refractivity contribution in [3.8, 4) is 0 Å². The van der Waals surface area contributed by atoms with Crippen LogP contribution in [0.3, 0.4) is 0 Å². The van der Waals surface area contributed by atoms with Crippen molar-refractivity contribution >= 4 is 17.7 Å². The van der Waals surface area contributed by atoms with Gasteiger partial charge in [-0.2, -0.15) is 0 Å². The van der Waals surface area contributed by atoms with Crippen molar-refractivity contribution in [1.82, 2.24) is 0 Å². The maximum atomic E-state index is 12.6. The van der Waals surface area contributed by atoms with Crippen LogP contribution < -0.4 is 0 Å². The summed E-state index contributed by atoms with van der Waals surface area (Å²) in [6, 6.07) is 0. The molecule has 0 N–H and O–H groups in total. The van der Waals surface area contributed by atoms with Crippen molar-refractivity contribution in [2.45, 2.75) is 95.7 Å². The molecule has 3 fully saturated rings. The number of ether oxygens (including phenoxy) is 2. The second-order valence-corrected chi connectivity index (χ2v) is 7.89. The minimum Gasteiger partial charge on any atom is -0.462 e. The van der Waals surface area contributed by atoms with E-state index in [4.69, 9.17) is 9.47 Å². The van der Waals surface area contributed by atoms with Gasteiger partial charge < -0.3 is 9.47 Å². The average Bonchev–Trinajstić information content (AvgIpc) is 2.62. The molecule has 3 aliphatic rings. The summed E-state index contributed by atoms with van der Waals surface area (Å²) in [6.45, 7) is 0. The van der Waals surface area contributed by atoms with E-state index in [9.17, 15) is 14.4 Å². The van der Waals surface area contributed by atoms with Crippen molar-refractivity contribution in [3.05, 3.63) is 0 Å². The molecule has 3 unspecified atom stereocenters. The van der Waals surface area contributed by atoms with Crippen LogP contribution in [-0.4, -0.2) is 29.9 Å². The number of hydrogen-bond donors (Lipinski definition) is 0. The SMILES string of the molecule is O=C1CCCC(OC(=O)C2CCCCC2C(=O)OC2CCCCC2)C1. The summed E-state index contributed by atoms with van der Waals surface area (Å²) in [5.41, 5.74) is 0. The topological polar surface area (TPSA) is 69.7 Å². The second kappa shape index (κ2) is 8.81. The predicted molar refractivity (Wildman–Crippen MR) is 91.8 cm³/mol. The number of carbonyl (C=O) groups excluding carboxylic acids is 3. The lowest BCUT2D eigenvalue weighted by Crippen LogP contribution is -2.38. The van der Waals surface area contributed by atoms with Gasteiger partial charge in [-0.1, -0.05) is 19.3 Å². The highest BCUT2D eigenvalue weighted by Gasteiger charge is 2.40. The maximum Gasteiger partial charge on any atom is 0.310 e. The molecule has 0 aromatic rings. The lowest BCUT2D eigenvalue weighted by atomic mass is 9.79. The van der Waals surface area contributed by atoms with Gasteiger partial charge in [0.15, 0.2) is 0 Å². The Balaban J connectivity index is 1.56. The van der Waals surface area contributed by atoms with Crippen LogP contribution >= 0.6 is 0 Å². The molecular formula is C20H30O5. The monoisotopic (exact) mass is 350 g/mol. The number of ketones is 1. The highest BCUT2D eigenvalue weighted by atomic mass is 16.6. The molecule has 0 heterocycles. The molecule has 0 bridgehead atoms. The van der Waals surface area contributed by atoms with Gasteiger partial charge in [0.05, 0.1) is 11.8 Å². The zero-order valence-electron chi connectivity index (χ0n) is 15.0. The fourth-order valence-corrected chi connectivity index (χ4v) is 4.47. The lowest BCUT2D eigenvalue weighted by Gasteiger charge is -2.32. The molecule has 3 saturated carbocycles. The third kappa shape index (κ3) is 5.05. The first kappa shape index (κ1) is 18.4. The van der Waals surface area contributed by atoms with Gasteiger partial charge in [0, 0.05) is 12.8 Å². The van der Waals surface area contributed by atoms with Crippen LogP contribution in [0.5, 0.6) is 0 Å². The van der Waals surface area contributed by atoms with Crippen molar-refractivity contribution in [2.75, 3.05) is 0 Å². The number of Topliss-reactive ketones (excluding diaryl/α,β-unsaturated/α-hetero) is 1. The van der Waals surface area contributed by atoms with E-state index < -0.39 is 5.92 Å². The zero-order valence-corrected chi connectivity index (χ0v) is 15.0. The van der Waals surface area contributed by atoms with E-state index in [-0.39, 0.29) is 35.8 Å². The first-order valence-corrected chi connectivity index (χ1v) is 10.1. The number of rotatable bonds is 4. The molecule has 5 heteroatoms. The van der Waals surface area contributed by atoms with Crippen LogP contribution in [0.1, 0.15) is 83.5 Å². The molecule has 3 aliphatic carbocycles. The fraction of sp³-hybridized carbons (Fsp3) is 0.850. The van der Waals surface area contributed by atoms with E-state index in [0.717, 1.165) is 51.4 Å². The molecule has 0 spiro atoms. The summed E-state index contributed by atoms with van der Waals surface area (Å²) in [7, 11) is 0. The van der Waals surface area contributed by atoms with Crippen LogP contribution in [0.2, 0.25) is 0 Å². The molecule has 0 aromatic heterocycles. The van der Waals surface area contributed by atoms with Gasteiger partial charge in [0.1, 0.15) is 18.0 Å². The third-order valence-electron chi connectivity index (χ3n) is 5.93. The Kier molecular flexibility index (Phi) is 6.49. The molecule has 0 aromatic carbocycles. The Morgan fingerprint density at radius 3 is 1.80 bits per heavy atom. The van der Waals surface area contributed by atoms with Gasteiger partial charge in [-0.3, -0.25) is 14.4 Å². The standard InChI is InChI=1S/C20H30O5/c21-14-7-6-10-16(13-14)25-20(23)18-12-5-4-11-17(18)19(22)24-15-8-2-1-3-9-15/h15-18H,1-13H2. The molecule has 5 nitrogen and oxygen atoms in total. The number of esters is 2. The third-order valence-corrected chi connectivity index (χ3v) is 5.93. The average molecular weight is 350 g/mol. The van der Waals surface area contributed by atoms with Crippen molar-refractivity contribution in [3.63, 3.8) is 0 Å². The summed E-state index contributed by atoms with van der Waals surface area (Å²) < 4.78 is 11.3. The summed E-state index contributed by atoms with van der Waals surface area (Å²) >= 11 is 0. The van der Waals surface area contributed by atoms with Gasteiger partial charge in [0.2, 0.25) is 0 Å². The zero-order chi connectivity index (χ0) is 17.6. The molecular weight excluding hydrogens is 320 g/mol. The van der Waals surface area contributed by atoms with E-state index in [1.54, 1.807) is 0 Å². The summed E-state index contributed by atoms with van der Waals surface area (Å²) in [4.78, 5) is 36.8. The van der Waals surface area contributed by atoms with Crippen LogP contribution in [0, 0.1) is 11.8 Å². The Labute approximate surface area is 149 Å². The van der Waals surface area contributed by atoms with Crippen LogP contribution in [0.4, 0.5) is 0 Å². The largest absolute Gasteiger partial charge is 0.462 e. The predicted octanol–water partition coefficient (Wildman–Crippen LogP) is 3.72. The Morgan fingerprint density at radius 2 is 1.20 bits per heavy atom. The molecule has 140 valence electrons. The van der Waals surface area contributed by atoms with Gasteiger partial charge in [0.25, 0.3) is 0 Å². The molecule has 3 atom stereocenters. The van der Waals surface area contributed by atoms with E-state index in [2.05, 4.69) is 0 Å². The fourth-order valence-electron chi connectivity index (χ4n) is 4.47. The summed E-state index contributed by atoms with van der Waals surface area (Å²) in [6.07, 6.45) is 10.8. The van der Waals surface area contributed by atoms with Gasteiger partial charge >= 0.3 is 11.9 Å². The first-order chi connectivity index (χ1) is 12.1. The normalized spacial score (nSPS) is 31.4. The molecule has 0 saturated heterocycles. The molecule has 25 heavy (non-hydrogen) atoms. The van der Waals surface area contributed by atoms with E-state index in [1.165, 1.54) is 6.42 Å². The summed E-state index contributed by atoms with van der Waals surface area (Å²) in [5, 5.41) is 0. The molecule has 0 amide bonds. The Bertz CT molecular complexity index is 494. The van der Waals surface area contributed by atoms with E-state index in [1.807, 2.05) is 0 Å². The first-order valence-electron chi connectivity index (χ1n) is 10.1. The molecule has 0 radical (unpaired) electrons. The minimum atomic E-state index is -0.401. The molecule has 0 aliphatic heterocycles. The highest BCUT2D eigenvalue weighted by Crippen LogP contribution is 2.34. The maximum absolute atomic E-state index is 12.6. The minimum absolute atomic E-state index is 0.0239. The van der Waals surface area contributed by atoms with Crippen LogP contribution in [-0.2, 0) is 23.9 Å². The summed E-state index contributed by atoms with van der Waals surface area (Å²) in [5.74, 6) is -1.12. The van der Waals surface area contributed by atoms with Crippen molar-refractivity contribution in [2.24, 2.45) is 11.8 Å². The van der Waals surface area contributed by atoms with Gasteiger partial charge in [-0.05, 0) is 51.4 Å². The van der Waals surface area contributed by atoms with Gasteiger partial charge in [-0.15, -0.1) is 0 Å². The number of hydrogen-bond acceptors (Lipinski definition) is 5. The number of carbonyl (C=O) groups is 3. The van der Waals surface area contributed by atoms with Crippen molar-refractivity contribution < 1.29 is 23.9 Å². The smallest absolute Gasteiger partial charge is 0.310 e. The Morgan fingerprint density at radius 1 is 0.680 bits per heavy atom. The van der Waals surface area contributed by atoms with E-state index >= 15 is 0 Å². The lowest BCUT2D eigenvalue weighted by molar-refractivity contribution is -0.170. The second-order valence-electron chi connectivity index (χ2n) is 7.89.